The van der Waals surface area contributed by atoms with Crippen LogP contribution in [-0.2, 0) is 16.9 Å². The smallest absolute Gasteiger partial charge is 0.264 e. The van der Waals surface area contributed by atoms with E-state index in [4.69, 9.17) is 0 Å². The summed E-state index contributed by atoms with van der Waals surface area (Å²) in [5.74, 6) is -0.803. The van der Waals surface area contributed by atoms with Crippen molar-refractivity contribution in [2.45, 2.75) is 25.5 Å². The highest BCUT2D eigenvalue weighted by Gasteiger charge is 2.50. The van der Waals surface area contributed by atoms with Crippen LogP contribution in [0.4, 0.5) is 5.69 Å². The van der Waals surface area contributed by atoms with Gasteiger partial charge in [0.2, 0.25) is 0 Å². The van der Waals surface area contributed by atoms with Gasteiger partial charge < -0.3 is 10.0 Å². The van der Waals surface area contributed by atoms with Crippen molar-refractivity contribution in [3.63, 3.8) is 0 Å². The van der Waals surface area contributed by atoms with E-state index >= 15 is 0 Å². The topological polar surface area (TPSA) is 70.5 Å². The zero-order valence-corrected chi connectivity index (χ0v) is 15.5. The number of hydrogen-bond acceptors (Lipinski definition) is 4. The summed E-state index contributed by atoms with van der Waals surface area (Å²) in [5, 5.41) is 11.3. The lowest BCUT2D eigenvalue weighted by molar-refractivity contribution is -0.136. The van der Waals surface area contributed by atoms with Crippen molar-refractivity contribution in [2.75, 3.05) is 4.90 Å². The summed E-state index contributed by atoms with van der Waals surface area (Å²) >= 11 is 0. The predicted molar refractivity (Wildman–Crippen MR) is 106 cm³/mol. The van der Waals surface area contributed by atoms with E-state index in [1.807, 2.05) is 37.3 Å². The lowest BCUT2D eigenvalue weighted by Gasteiger charge is -2.23. The fourth-order valence-corrected chi connectivity index (χ4v) is 3.57. The van der Waals surface area contributed by atoms with Gasteiger partial charge in [0.25, 0.3) is 5.91 Å². The molecule has 0 fully saturated rings. The van der Waals surface area contributed by atoms with Gasteiger partial charge in [-0.15, -0.1) is 0 Å². The van der Waals surface area contributed by atoms with E-state index in [2.05, 4.69) is 4.98 Å². The Kier molecular flexibility index (Phi) is 4.53. The minimum absolute atomic E-state index is 0.320. The van der Waals surface area contributed by atoms with Gasteiger partial charge in [0.05, 0.1) is 18.7 Å². The first kappa shape index (κ1) is 18.1. The van der Waals surface area contributed by atoms with E-state index in [-0.39, 0.29) is 12.2 Å². The van der Waals surface area contributed by atoms with Gasteiger partial charge in [0.1, 0.15) is 0 Å². The fraction of sp³-hybridized carbons (Fsp3) is 0.174. The highest BCUT2D eigenvalue weighted by atomic mass is 16.3. The van der Waals surface area contributed by atoms with Crippen molar-refractivity contribution in [3.05, 3.63) is 95.3 Å². The van der Waals surface area contributed by atoms with Crippen LogP contribution < -0.4 is 4.90 Å². The standard InChI is InChI=1S/C23H20N2O3/c1-16-8-10-17(11-9-16)15-25-20-7-3-2-6-19(20)23(28,22(25)27)13-21(26)18-5-4-12-24-14-18/h2-12,14,28H,13,15H2,1H3. The highest BCUT2D eigenvalue weighted by Crippen LogP contribution is 2.43. The third kappa shape index (κ3) is 3.10. The molecule has 5 nitrogen and oxygen atoms in total. The zero-order valence-electron chi connectivity index (χ0n) is 15.5. The molecule has 1 amide bonds. The van der Waals surface area contributed by atoms with Gasteiger partial charge in [-0.2, -0.15) is 0 Å². The summed E-state index contributed by atoms with van der Waals surface area (Å²) in [7, 11) is 0. The van der Waals surface area contributed by atoms with Crippen molar-refractivity contribution in [1.29, 1.82) is 0 Å². The number of hydrogen-bond donors (Lipinski definition) is 1. The van der Waals surface area contributed by atoms with Crippen LogP contribution >= 0.6 is 0 Å². The molecule has 1 aliphatic rings. The molecule has 1 aliphatic heterocycles. The number of aliphatic hydroxyl groups is 1. The fourth-order valence-electron chi connectivity index (χ4n) is 3.57. The molecule has 4 rings (SSSR count). The minimum Gasteiger partial charge on any atom is -0.375 e. The summed E-state index contributed by atoms with van der Waals surface area (Å²) in [6.45, 7) is 2.34. The Bertz CT molecular complexity index is 1030. The van der Waals surface area contributed by atoms with E-state index in [1.54, 1.807) is 41.4 Å². The number of amides is 1. The van der Waals surface area contributed by atoms with E-state index in [1.165, 1.54) is 6.20 Å². The molecule has 0 saturated carbocycles. The van der Waals surface area contributed by atoms with E-state index in [9.17, 15) is 14.7 Å². The van der Waals surface area contributed by atoms with Gasteiger partial charge in [-0.3, -0.25) is 14.6 Å². The molecule has 0 bridgehead atoms. The van der Waals surface area contributed by atoms with Crippen LogP contribution in [0.2, 0.25) is 0 Å². The summed E-state index contributed by atoms with van der Waals surface area (Å²) in [5.41, 5.74) is 1.68. The largest absolute Gasteiger partial charge is 0.375 e. The lowest BCUT2D eigenvalue weighted by atomic mass is 9.88. The number of fused-ring (bicyclic) bond motifs is 1. The average molecular weight is 372 g/mol. The van der Waals surface area contributed by atoms with Gasteiger partial charge in [0.15, 0.2) is 11.4 Å². The first-order chi connectivity index (χ1) is 13.5. The maximum atomic E-state index is 13.2. The van der Waals surface area contributed by atoms with Crippen molar-refractivity contribution in [1.82, 2.24) is 4.98 Å². The maximum Gasteiger partial charge on any atom is 0.264 e. The number of benzene rings is 2. The predicted octanol–water partition coefficient (Wildman–Crippen LogP) is 3.40. The zero-order chi connectivity index (χ0) is 19.7. The number of pyridine rings is 1. The SMILES string of the molecule is Cc1ccc(CN2C(=O)C(O)(CC(=O)c3cccnc3)c3ccccc32)cc1. The van der Waals surface area contributed by atoms with Crippen LogP contribution in [0.15, 0.2) is 73.1 Å². The molecule has 2 heterocycles. The van der Waals surface area contributed by atoms with E-state index < -0.39 is 11.5 Å². The van der Waals surface area contributed by atoms with Gasteiger partial charge >= 0.3 is 0 Å². The number of nitrogens with zero attached hydrogens (tertiary/aromatic N) is 2. The Morgan fingerprint density at radius 1 is 1.07 bits per heavy atom. The number of ketones is 1. The third-order valence-electron chi connectivity index (χ3n) is 5.10. The molecule has 0 spiro atoms. The van der Waals surface area contributed by atoms with Gasteiger partial charge in [-0.05, 0) is 30.7 Å². The number of rotatable bonds is 5. The van der Waals surface area contributed by atoms with Crippen LogP contribution in [0.3, 0.4) is 0 Å². The molecule has 2 aromatic carbocycles. The summed E-state index contributed by atoms with van der Waals surface area (Å²) in [6.07, 6.45) is 2.70. The number of carbonyl (C=O) groups is 2. The first-order valence-corrected chi connectivity index (χ1v) is 9.12. The van der Waals surface area contributed by atoms with Gasteiger partial charge in [-0.25, -0.2) is 0 Å². The molecular weight excluding hydrogens is 352 g/mol. The number of carbonyl (C=O) groups excluding carboxylic acids is 2. The Hall–Kier alpha value is -3.31. The monoisotopic (exact) mass is 372 g/mol. The van der Waals surface area contributed by atoms with E-state index in [0.717, 1.165) is 11.1 Å². The molecule has 1 N–H and O–H groups in total. The number of para-hydroxylation sites is 1. The normalized spacial score (nSPS) is 18.2. The first-order valence-electron chi connectivity index (χ1n) is 9.12. The Labute approximate surface area is 163 Å². The second-order valence-electron chi connectivity index (χ2n) is 7.10. The van der Waals surface area contributed by atoms with Crippen molar-refractivity contribution >= 4 is 17.4 Å². The minimum atomic E-state index is -1.88. The molecule has 5 heteroatoms. The molecule has 140 valence electrons. The molecule has 1 aromatic heterocycles. The number of anilines is 1. The van der Waals surface area contributed by atoms with E-state index in [0.29, 0.717) is 23.4 Å². The van der Waals surface area contributed by atoms with Crippen LogP contribution in [0, 0.1) is 6.92 Å². The van der Waals surface area contributed by atoms with Crippen molar-refractivity contribution in [2.24, 2.45) is 0 Å². The number of Topliss-reactive ketones (excluding diaryl/α,β-unsaturated/α-hetero) is 1. The molecule has 1 atom stereocenters. The number of aromatic nitrogens is 1. The van der Waals surface area contributed by atoms with Crippen LogP contribution in [0.1, 0.15) is 33.5 Å². The van der Waals surface area contributed by atoms with Gasteiger partial charge in [0, 0.05) is 23.5 Å². The molecule has 0 radical (unpaired) electrons. The molecule has 0 aliphatic carbocycles. The molecule has 1 unspecified atom stereocenters. The second kappa shape index (κ2) is 7.02. The molecule has 0 saturated heterocycles. The number of aryl methyl sites for hydroxylation is 1. The second-order valence-corrected chi connectivity index (χ2v) is 7.10. The van der Waals surface area contributed by atoms with Gasteiger partial charge in [-0.1, -0.05) is 48.0 Å². The Morgan fingerprint density at radius 3 is 2.54 bits per heavy atom. The lowest BCUT2D eigenvalue weighted by Crippen LogP contribution is -2.41. The van der Waals surface area contributed by atoms with Crippen LogP contribution in [0.5, 0.6) is 0 Å². The van der Waals surface area contributed by atoms with Crippen LogP contribution in [-0.4, -0.2) is 21.8 Å². The summed E-state index contributed by atoms with van der Waals surface area (Å²) in [4.78, 5) is 31.4. The molecule has 28 heavy (non-hydrogen) atoms. The summed E-state index contributed by atoms with van der Waals surface area (Å²) < 4.78 is 0. The average Bonchev–Trinajstić information content (AvgIpc) is 2.92. The quantitative estimate of drug-likeness (QED) is 0.697. The van der Waals surface area contributed by atoms with Crippen molar-refractivity contribution in [3.8, 4) is 0 Å². The third-order valence-corrected chi connectivity index (χ3v) is 5.10. The van der Waals surface area contributed by atoms with Crippen molar-refractivity contribution < 1.29 is 14.7 Å². The Morgan fingerprint density at radius 2 is 1.82 bits per heavy atom. The summed E-state index contributed by atoms with van der Waals surface area (Å²) in [6, 6.07) is 18.3. The van der Waals surface area contributed by atoms with Crippen LogP contribution in [0.25, 0.3) is 0 Å². The molecule has 3 aromatic rings. The maximum absolute atomic E-state index is 13.2. The highest BCUT2D eigenvalue weighted by molar-refractivity contribution is 6.10. The molecular formula is C23H20N2O3. The Balaban J connectivity index is 1.68.